The number of furan rings is 1. The average molecular weight is 403 g/mol. The largest absolute Gasteiger partial charge is 0.465 e. The molecule has 4 heterocycles. The zero-order valence-electron chi connectivity index (χ0n) is 17.4. The van der Waals surface area contributed by atoms with Gasteiger partial charge in [0.2, 0.25) is 0 Å². The minimum Gasteiger partial charge on any atom is -0.465 e. The van der Waals surface area contributed by atoms with E-state index in [0.29, 0.717) is 6.10 Å². The maximum absolute atomic E-state index is 5.94. The third-order valence-corrected chi connectivity index (χ3v) is 7.22. The Bertz CT molecular complexity index is 727. The number of hydrogen-bond acceptors (Lipinski definition) is 5. The molecule has 1 atom stereocenters. The van der Waals surface area contributed by atoms with E-state index in [2.05, 4.69) is 41.1 Å². The number of thiophene rings is 1. The smallest absolute Gasteiger partial charge is 0.118 e. The van der Waals surface area contributed by atoms with Gasteiger partial charge in [-0.15, -0.1) is 11.3 Å². The van der Waals surface area contributed by atoms with Crippen LogP contribution < -0.4 is 0 Å². The van der Waals surface area contributed by atoms with E-state index in [1.54, 1.807) is 0 Å². The summed E-state index contributed by atoms with van der Waals surface area (Å²) in [5, 5.41) is 0. The Balaban J connectivity index is 1.19. The fourth-order valence-corrected chi connectivity index (χ4v) is 5.68. The molecule has 1 unspecified atom stereocenters. The van der Waals surface area contributed by atoms with Crippen molar-refractivity contribution in [3.63, 3.8) is 0 Å². The zero-order valence-corrected chi connectivity index (χ0v) is 18.2. The molecule has 0 N–H and O–H groups in total. The van der Waals surface area contributed by atoms with Crippen LogP contribution in [0, 0.1) is 12.8 Å². The number of rotatable bonds is 7. The van der Waals surface area contributed by atoms with Gasteiger partial charge >= 0.3 is 0 Å². The monoisotopic (exact) mass is 402 g/mol. The Kier molecular flexibility index (Phi) is 6.89. The van der Waals surface area contributed by atoms with E-state index < -0.39 is 0 Å². The molecule has 4 nitrogen and oxygen atoms in total. The highest BCUT2D eigenvalue weighted by Gasteiger charge is 2.22. The van der Waals surface area contributed by atoms with Gasteiger partial charge in [-0.2, -0.15) is 0 Å². The number of piperidine rings is 1. The van der Waals surface area contributed by atoms with Gasteiger partial charge in [0.05, 0.1) is 12.6 Å². The molecule has 2 aromatic rings. The van der Waals surface area contributed by atoms with Gasteiger partial charge in [0.1, 0.15) is 11.5 Å². The molecule has 0 bridgehead atoms. The molecule has 0 aromatic carbocycles. The second-order valence-corrected chi connectivity index (χ2v) is 9.79. The van der Waals surface area contributed by atoms with Gasteiger partial charge in [-0.05, 0) is 89.3 Å². The van der Waals surface area contributed by atoms with E-state index in [1.165, 1.54) is 61.5 Å². The van der Waals surface area contributed by atoms with Crippen molar-refractivity contribution < 1.29 is 9.15 Å². The summed E-state index contributed by atoms with van der Waals surface area (Å²) in [6.07, 6.45) is 6.63. The summed E-state index contributed by atoms with van der Waals surface area (Å²) >= 11 is 1.95. The highest BCUT2D eigenvalue weighted by atomic mass is 32.1. The van der Waals surface area contributed by atoms with Crippen molar-refractivity contribution in [1.82, 2.24) is 9.80 Å². The maximum atomic E-state index is 5.94. The summed E-state index contributed by atoms with van der Waals surface area (Å²) in [6.45, 7) is 8.52. The van der Waals surface area contributed by atoms with Crippen molar-refractivity contribution >= 4 is 11.3 Å². The summed E-state index contributed by atoms with van der Waals surface area (Å²) in [5.74, 6) is 2.92. The second kappa shape index (κ2) is 9.57. The minimum atomic E-state index is 0.347. The van der Waals surface area contributed by atoms with Crippen LogP contribution in [0.1, 0.15) is 59.5 Å². The quantitative estimate of drug-likeness (QED) is 0.634. The molecule has 2 saturated heterocycles. The number of nitrogens with zero attached hydrogens (tertiary/aromatic N) is 2. The van der Waals surface area contributed by atoms with Gasteiger partial charge in [-0.3, -0.25) is 4.90 Å². The van der Waals surface area contributed by atoms with Crippen LogP contribution in [0.25, 0.3) is 0 Å². The van der Waals surface area contributed by atoms with Crippen LogP contribution in [-0.4, -0.2) is 43.1 Å². The predicted octanol–water partition coefficient (Wildman–Crippen LogP) is 5.24. The molecule has 2 aliphatic rings. The van der Waals surface area contributed by atoms with Crippen molar-refractivity contribution in [2.45, 2.75) is 58.2 Å². The molecule has 2 aromatic heterocycles. The number of ether oxygens (including phenoxy) is 1. The first-order valence-corrected chi connectivity index (χ1v) is 11.6. The second-order valence-electron chi connectivity index (χ2n) is 8.59. The molecular weight excluding hydrogens is 368 g/mol. The normalized spacial score (nSPS) is 22.2. The van der Waals surface area contributed by atoms with Crippen molar-refractivity contribution in [2.75, 3.05) is 33.3 Å². The topological polar surface area (TPSA) is 28.9 Å². The van der Waals surface area contributed by atoms with Crippen LogP contribution in [0.5, 0.6) is 0 Å². The van der Waals surface area contributed by atoms with E-state index in [0.717, 1.165) is 37.1 Å². The van der Waals surface area contributed by atoms with Crippen molar-refractivity contribution in [2.24, 2.45) is 5.92 Å². The van der Waals surface area contributed by atoms with E-state index >= 15 is 0 Å². The maximum Gasteiger partial charge on any atom is 0.118 e. The van der Waals surface area contributed by atoms with Crippen LogP contribution in [0.15, 0.2) is 28.7 Å². The molecule has 0 saturated carbocycles. The van der Waals surface area contributed by atoms with Gasteiger partial charge in [0, 0.05) is 29.5 Å². The highest BCUT2D eigenvalue weighted by molar-refractivity contribution is 7.12. The number of likely N-dealkylation sites (tertiary alicyclic amines) is 1. The molecule has 4 rings (SSSR count). The Morgan fingerprint density at radius 3 is 2.68 bits per heavy atom. The number of hydrogen-bond donors (Lipinski definition) is 0. The van der Waals surface area contributed by atoms with Gasteiger partial charge in [-0.1, -0.05) is 0 Å². The fraction of sp³-hybridized carbons (Fsp3) is 0.652. The standard InChI is InChI=1S/C23H34N2O2S/c1-18-6-7-20(27-18)16-25-12-10-19(11-13-25)15-24(2)17-21-8-9-23(28-21)22-5-3-4-14-26-22/h6-9,19,22H,3-5,10-17H2,1-2H3. The van der Waals surface area contributed by atoms with Crippen LogP contribution in [0.2, 0.25) is 0 Å². The van der Waals surface area contributed by atoms with Crippen LogP contribution in [-0.2, 0) is 17.8 Å². The lowest BCUT2D eigenvalue weighted by Crippen LogP contribution is -2.37. The fourth-order valence-electron chi connectivity index (χ4n) is 4.51. The summed E-state index contributed by atoms with van der Waals surface area (Å²) in [6, 6.07) is 8.78. The lowest BCUT2D eigenvalue weighted by molar-refractivity contribution is 0.0172. The van der Waals surface area contributed by atoms with E-state index in [-0.39, 0.29) is 0 Å². The number of aryl methyl sites for hydroxylation is 1. The highest BCUT2D eigenvalue weighted by Crippen LogP contribution is 2.33. The van der Waals surface area contributed by atoms with Gasteiger partial charge in [-0.25, -0.2) is 0 Å². The lowest BCUT2D eigenvalue weighted by atomic mass is 9.96. The molecule has 154 valence electrons. The van der Waals surface area contributed by atoms with Crippen molar-refractivity contribution in [3.8, 4) is 0 Å². The third-order valence-electron chi connectivity index (χ3n) is 6.06. The Morgan fingerprint density at radius 1 is 1.11 bits per heavy atom. The summed E-state index contributed by atoms with van der Waals surface area (Å²) in [4.78, 5) is 7.93. The lowest BCUT2D eigenvalue weighted by Gasteiger charge is -2.33. The molecule has 0 amide bonds. The molecular formula is C23H34N2O2S. The first-order valence-electron chi connectivity index (χ1n) is 10.8. The molecule has 28 heavy (non-hydrogen) atoms. The molecule has 2 aliphatic heterocycles. The summed E-state index contributed by atoms with van der Waals surface area (Å²) in [7, 11) is 2.27. The van der Waals surface area contributed by atoms with Crippen LogP contribution in [0.4, 0.5) is 0 Å². The van der Waals surface area contributed by atoms with Crippen molar-refractivity contribution in [1.29, 1.82) is 0 Å². The summed E-state index contributed by atoms with van der Waals surface area (Å²) < 4.78 is 11.7. The SMILES string of the molecule is Cc1ccc(CN2CCC(CN(C)Cc3ccc(C4CCCCO4)s3)CC2)o1. The first-order chi connectivity index (χ1) is 13.7. The molecule has 0 radical (unpaired) electrons. The van der Waals surface area contributed by atoms with Crippen LogP contribution in [0.3, 0.4) is 0 Å². The molecule has 5 heteroatoms. The predicted molar refractivity (Wildman–Crippen MR) is 115 cm³/mol. The zero-order chi connectivity index (χ0) is 19.3. The Labute approximate surface area is 173 Å². The Hall–Kier alpha value is -1.14. The molecule has 2 fully saturated rings. The molecule has 0 spiro atoms. The van der Waals surface area contributed by atoms with E-state index in [4.69, 9.17) is 9.15 Å². The van der Waals surface area contributed by atoms with Gasteiger partial charge in [0.25, 0.3) is 0 Å². The van der Waals surface area contributed by atoms with Gasteiger partial charge in [0.15, 0.2) is 0 Å². The molecule has 0 aliphatic carbocycles. The van der Waals surface area contributed by atoms with Gasteiger partial charge < -0.3 is 14.1 Å². The summed E-state index contributed by atoms with van der Waals surface area (Å²) in [5.41, 5.74) is 0. The Morgan fingerprint density at radius 2 is 1.96 bits per heavy atom. The average Bonchev–Trinajstić information content (AvgIpc) is 3.33. The van der Waals surface area contributed by atoms with E-state index in [9.17, 15) is 0 Å². The van der Waals surface area contributed by atoms with E-state index in [1.807, 2.05) is 18.3 Å². The van der Waals surface area contributed by atoms with Crippen LogP contribution >= 0.6 is 11.3 Å². The third kappa shape index (κ3) is 5.47. The van der Waals surface area contributed by atoms with Crippen molar-refractivity contribution in [3.05, 3.63) is 45.5 Å². The first kappa shape index (κ1) is 20.1. The minimum absolute atomic E-state index is 0.347.